The zero-order valence-electron chi connectivity index (χ0n) is 9.91. The third-order valence-corrected chi connectivity index (χ3v) is 3.68. The fourth-order valence-electron chi connectivity index (χ4n) is 2.66. The minimum Gasteiger partial charge on any atom is -0.380 e. The minimum absolute atomic E-state index is 0.151. The standard InChI is InChI=1S/C12H22N2O2/c13-12(5-2-1-3-6-12)11(15)14-7-4-9-16-10-8-14/h1-10,13H2. The molecule has 0 atom stereocenters. The fourth-order valence-corrected chi connectivity index (χ4v) is 2.66. The first-order valence-electron chi connectivity index (χ1n) is 6.38. The molecular weight excluding hydrogens is 204 g/mol. The summed E-state index contributed by atoms with van der Waals surface area (Å²) in [6.45, 7) is 2.93. The van der Waals surface area contributed by atoms with Gasteiger partial charge in [0.15, 0.2) is 0 Å². The van der Waals surface area contributed by atoms with Crippen LogP contribution in [0.5, 0.6) is 0 Å². The number of hydrogen-bond acceptors (Lipinski definition) is 3. The molecule has 0 aromatic carbocycles. The van der Waals surface area contributed by atoms with E-state index in [-0.39, 0.29) is 5.91 Å². The van der Waals surface area contributed by atoms with Crippen molar-refractivity contribution >= 4 is 5.91 Å². The molecule has 92 valence electrons. The molecule has 0 radical (unpaired) electrons. The number of amides is 1. The fraction of sp³-hybridized carbons (Fsp3) is 0.917. The first-order chi connectivity index (χ1) is 7.72. The Morgan fingerprint density at radius 1 is 1.06 bits per heavy atom. The second kappa shape index (κ2) is 5.15. The van der Waals surface area contributed by atoms with Gasteiger partial charge in [-0.3, -0.25) is 4.79 Å². The van der Waals surface area contributed by atoms with Crippen molar-refractivity contribution < 1.29 is 9.53 Å². The molecule has 2 aliphatic rings. The molecule has 2 N–H and O–H groups in total. The van der Waals surface area contributed by atoms with Gasteiger partial charge in [0.2, 0.25) is 5.91 Å². The lowest BCUT2D eigenvalue weighted by molar-refractivity contribution is -0.138. The summed E-state index contributed by atoms with van der Waals surface area (Å²) in [4.78, 5) is 14.3. The van der Waals surface area contributed by atoms with Crippen molar-refractivity contribution in [3.8, 4) is 0 Å². The molecule has 1 aliphatic carbocycles. The number of rotatable bonds is 1. The normalized spacial score (nSPS) is 26.2. The Balaban J connectivity index is 1.98. The van der Waals surface area contributed by atoms with Gasteiger partial charge in [-0.2, -0.15) is 0 Å². The number of nitrogens with two attached hydrogens (primary N) is 1. The summed E-state index contributed by atoms with van der Waals surface area (Å²) < 4.78 is 5.36. The maximum Gasteiger partial charge on any atom is 0.242 e. The van der Waals surface area contributed by atoms with E-state index in [0.29, 0.717) is 13.2 Å². The second-order valence-corrected chi connectivity index (χ2v) is 4.97. The first-order valence-corrected chi connectivity index (χ1v) is 6.38. The van der Waals surface area contributed by atoms with E-state index in [1.165, 1.54) is 6.42 Å². The predicted molar refractivity (Wildman–Crippen MR) is 62.0 cm³/mol. The van der Waals surface area contributed by atoms with Gasteiger partial charge in [0, 0.05) is 19.7 Å². The van der Waals surface area contributed by atoms with Crippen molar-refractivity contribution in [2.75, 3.05) is 26.3 Å². The number of carbonyl (C=O) groups is 1. The van der Waals surface area contributed by atoms with Gasteiger partial charge in [0.25, 0.3) is 0 Å². The van der Waals surface area contributed by atoms with Gasteiger partial charge >= 0.3 is 0 Å². The van der Waals surface area contributed by atoms with E-state index in [0.717, 1.165) is 45.3 Å². The molecule has 4 nitrogen and oxygen atoms in total. The average Bonchev–Trinajstić information content (AvgIpc) is 2.57. The maximum absolute atomic E-state index is 12.4. The molecule has 2 rings (SSSR count). The van der Waals surface area contributed by atoms with Gasteiger partial charge in [-0.1, -0.05) is 19.3 Å². The van der Waals surface area contributed by atoms with E-state index >= 15 is 0 Å². The molecule has 0 aromatic rings. The van der Waals surface area contributed by atoms with E-state index < -0.39 is 5.54 Å². The van der Waals surface area contributed by atoms with Crippen LogP contribution in [0.4, 0.5) is 0 Å². The molecule has 1 aliphatic heterocycles. The highest BCUT2D eigenvalue weighted by molar-refractivity contribution is 5.86. The van der Waals surface area contributed by atoms with Crippen LogP contribution in [0.2, 0.25) is 0 Å². The molecule has 1 saturated heterocycles. The number of nitrogens with zero attached hydrogens (tertiary/aromatic N) is 1. The summed E-state index contributed by atoms with van der Waals surface area (Å²) in [5.74, 6) is 0.151. The van der Waals surface area contributed by atoms with E-state index in [1.54, 1.807) is 0 Å². The van der Waals surface area contributed by atoms with E-state index in [4.69, 9.17) is 10.5 Å². The summed E-state index contributed by atoms with van der Waals surface area (Å²) in [6, 6.07) is 0. The summed E-state index contributed by atoms with van der Waals surface area (Å²) in [7, 11) is 0. The molecule has 0 aromatic heterocycles. The predicted octanol–water partition coefficient (Wildman–Crippen LogP) is 0.897. The number of hydrogen-bond donors (Lipinski definition) is 1. The van der Waals surface area contributed by atoms with Crippen molar-refractivity contribution in [2.45, 2.75) is 44.1 Å². The Hall–Kier alpha value is -0.610. The molecule has 0 unspecified atom stereocenters. The molecule has 0 spiro atoms. The van der Waals surface area contributed by atoms with Crippen LogP contribution in [0, 0.1) is 0 Å². The van der Waals surface area contributed by atoms with E-state index in [2.05, 4.69) is 0 Å². The average molecular weight is 226 g/mol. The zero-order valence-corrected chi connectivity index (χ0v) is 9.91. The van der Waals surface area contributed by atoms with Gasteiger partial charge in [-0.15, -0.1) is 0 Å². The lowest BCUT2D eigenvalue weighted by Crippen LogP contribution is -2.56. The summed E-state index contributed by atoms with van der Waals surface area (Å²) in [6.07, 6.45) is 6.03. The molecule has 2 fully saturated rings. The van der Waals surface area contributed by atoms with Crippen LogP contribution in [-0.2, 0) is 9.53 Å². The van der Waals surface area contributed by atoms with Crippen LogP contribution < -0.4 is 5.73 Å². The minimum atomic E-state index is -0.581. The van der Waals surface area contributed by atoms with Gasteiger partial charge in [0.1, 0.15) is 0 Å². The van der Waals surface area contributed by atoms with Gasteiger partial charge in [-0.25, -0.2) is 0 Å². The summed E-state index contributed by atoms with van der Waals surface area (Å²) in [5, 5.41) is 0. The van der Waals surface area contributed by atoms with Crippen molar-refractivity contribution in [2.24, 2.45) is 5.73 Å². The Bertz CT molecular complexity index is 241. The van der Waals surface area contributed by atoms with Crippen molar-refractivity contribution in [1.82, 2.24) is 4.90 Å². The highest BCUT2D eigenvalue weighted by atomic mass is 16.5. The van der Waals surface area contributed by atoms with Crippen molar-refractivity contribution in [1.29, 1.82) is 0 Å². The van der Waals surface area contributed by atoms with Crippen LogP contribution in [-0.4, -0.2) is 42.6 Å². The Morgan fingerprint density at radius 2 is 1.81 bits per heavy atom. The Morgan fingerprint density at radius 3 is 2.56 bits per heavy atom. The third-order valence-electron chi connectivity index (χ3n) is 3.68. The SMILES string of the molecule is NC1(C(=O)N2CCCOCC2)CCCCC1. The van der Waals surface area contributed by atoms with Gasteiger partial charge in [-0.05, 0) is 19.3 Å². The number of ether oxygens (including phenoxy) is 1. The quantitative estimate of drug-likeness (QED) is 0.722. The molecule has 1 saturated carbocycles. The van der Waals surface area contributed by atoms with Crippen molar-refractivity contribution in [3.05, 3.63) is 0 Å². The van der Waals surface area contributed by atoms with E-state index in [1.807, 2.05) is 4.90 Å². The molecule has 1 heterocycles. The largest absolute Gasteiger partial charge is 0.380 e. The molecular formula is C12H22N2O2. The van der Waals surface area contributed by atoms with Crippen LogP contribution in [0.3, 0.4) is 0 Å². The van der Waals surface area contributed by atoms with Crippen LogP contribution in [0.1, 0.15) is 38.5 Å². The molecule has 4 heteroatoms. The van der Waals surface area contributed by atoms with Crippen LogP contribution >= 0.6 is 0 Å². The van der Waals surface area contributed by atoms with Gasteiger partial charge < -0.3 is 15.4 Å². The lowest BCUT2D eigenvalue weighted by Gasteiger charge is -2.36. The topological polar surface area (TPSA) is 55.6 Å². The number of carbonyl (C=O) groups excluding carboxylic acids is 1. The summed E-state index contributed by atoms with van der Waals surface area (Å²) in [5.41, 5.74) is 5.67. The highest BCUT2D eigenvalue weighted by Crippen LogP contribution is 2.27. The summed E-state index contributed by atoms with van der Waals surface area (Å²) >= 11 is 0. The monoisotopic (exact) mass is 226 g/mol. The molecule has 1 amide bonds. The van der Waals surface area contributed by atoms with Gasteiger partial charge in [0.05, 0.1) is 12.1 Å². The van der Waals surface area contributed by atoms with Crippen molar-refractivity contribution in [3.63, 3.8) is 0 Å². The molecule has 0 bridgehead atoms. The van der Waals surface area contributed by atoms with E-state index in [9.17, 15) is 4.79 Å². The highest BCUT2D eigenvalue weighted by Gasteiger charge is 2.38. The zero-order chi connectivity index (χ0) is 11.4. The third kappa shape index (κ3) is 2.55. The second-order valence-electron chi connectivity index (χ2n) is 4.97. The van der Waals surface area contributed by atoms with Crippen LogP contribution in [0.25, 0.3) is 0 Å². The lowest BCUT2D eigenvalue weighted by atomic mass is 9.81. The Labute approximate surface area is 97.1 Å². The first kappa shape index (κ1) is 11.9. The molecule has 16 heavy (non-hydrogen) atoms. The Kier molecular flexibility index (Phi) is 3.82. The smallest absolute Gasteiger partial charge is 0.242 e. The van der Waals surface area contributed by atoms with Crippen LogP contribution in [0.15, 0.2) is 0 Å². The maximum atomic E-state index is 12.4.